The predicted octanol–water partition coefficient (Wildman–Crippen LogP) is 7.17. The molecule has 6 rings (SSSR count). The van der Waals surface area contributed by atoms with Crippen LogP contribution in [0.3, 0.4) is 0 Å². The first kappa shape index (κ1) is 35.4. The van der Waals surface area contributed by atoms with Gasteiger partial charge in [-0.25, -0.2) is 4.98 Å². The van der Waals surface area contributed by atoms with Gasteiger partial charge in [-0.15, -0.1) is 0 Å². The summed E-state index contributed by atoms with van der Waals surface area (Å²) in [6.45, 7) is 1.81. The quantitative estimate of drug-likeness (QED) is 0.103. The molecule has 2 saturated heterocycles. The average Bonchev–Trinajstić information content (AvgIpc) is 3.52. The van der Waals surface area contributed by atoms with Crippen molar-refractivity contribution in [2.24, 2.45) is 0 Å². The second kappa shape index (κ2) is 15.6. The molecule has 13 heteroatoms. The molecule has 2 aliphatic heterocycles. The minimum atomic E-state index is -2.42. The number of hydrogen-bond acceptors (Lipinski definition) is 9. The van der Waals surface area contributed by atoms with Gasteiger partial charge in [-0.2, -0.15) is 10.6 Å². The highest BCUT2D eigenvalue weighted by Gasteiger charge is 2.24. The highest BCUT2D eigenvalue weighted by Crippen LogP contribution is 2.44. The number of methoxy groups -OCH3 is 2. The van der Waals surface area contributed by atoms with Gasteiger partial charge in [0.2, 0.25) is 11.8 Å². The van der Waals surface area contributed by atoms with Gasteiger partial charge in [-0.05, 0) is 37.5 Å². The monoisotopic (exact) mass is 725 g/mol. The van der Waals surface area contributed by atoms with Crippen LogP contribution in [0, 0.1) is 0 Å². The Morgan fingerprint density at radius 1 is 0.918 bits per heavy atom. The third kappa shape index (κ3) is 8.32. The van der Waals surface area contributed by atoms with E-state index in [0.717, 1.165) is 52.6 Å². The zero-order chi connectivity index (χ0) is 34.5. The number of pyridine rings is 2. The predicted molar refractivity (Wildman–Crippen MR) is 197 cm³/mol. The Morgan fingerprint density at radius 3 is 2.41 bits per heavy atom. The standard InChI is InChI=1S/C36H41Cl2N5O5S/c1-47-31-18-22(6-7-23(31)20-41-25-13-16-49(45,46)17-14-25)35-34(38)28(12-15-40-35)27-4-3-5-29(33(27)37)30-10-8-24(36(43-30)48-2)19-39-21-26-9-11-32(44)42-26/h3-8,10,12,15,18,25-26,39,41,45-46H,9,11,13-14,16-17,19-21H2,1-2H3,(H,42,44). The van der Waals surface area contributed by atoms with E-state index < -0.39 is 10.6 Å². The van der Waals surface area contributed by atoms with E-state index in [2.05, 4.69) is 20.9 Å². The minimum absolute atomic E-state index is 0.0961. The lowest BCUT2D eigenvalue weighted by Crippen LogP contribution is -2.35. The Labute approximate surface area is 298 Å². The Kier molecular flexibility index (Phi) is 11.3. The fraction of sp³-hybridized carbons (Fsp3) is 0.361. The van der Waals surface area contributed by atoms with Gasteiger partial charge < -0.3 is 25.4 Å². The van der Waals surface area contributed by atoms with Crippen molar-refractivity contribution in [3.05, 3.63) is 82.0 Å². The number of carbonyl (C=O) groups excluding carboxylic acids is 1. The van der Waals surface area contributed by atoms with Crippen molar-refractivity contribution in [1.82, 2.24) is 25.9 Å². The van der Waals surface area contributed by atoms with E-state index in [-0.39, 0.29) is 18.0 Å². The molecule has 0 saturated carbocycles. The van der Waals surface area contributed by atoms with Gasteiger partial charge in [-0.1, -0.05) is 59.6 Å². The summed E-state index contributed by atoms with van der Waals surface area (Å²) in [7, 11) is 0.813. The average molecular weight is 727 g/mol. The van der Waals surface area contributed by atoms with Crippen molar-refractivity contribution in [1.29, 1.82) is 0 Å². The maximum absolute atomic E-state index is 11.5. The molecule has 0 radical (unpaired) electrons. The van der Waals surface area contributed by atoms with Gasteiger partial charge in [0.25, 0.3) is 0 Å². The van der Waals surface area contributed by atoms with E-state index >= 15 is 0 Å². The van der Waals surface area contributed by atoms with E-state index in [0.29, 0.717) is 70.6 Å². The fourth-order valence-electron chi connectivity index (χ4n) is 6.34. The van der Waals surface area contributed by atoms with Crippen LogP contribution in [-0.2, 0) is 17.9 Å². The van der Waals surface area contributed by atoms with Gasteiger partial charge >= 0.3 is 0 Å². The van der Waals surface area contributed by atoms with Crippen LogP contribution in [0.2, 0.25) is 10.0 Å². The lowest BCUT2D eigenvalue weighted by atomic mass is 9.99. The largest absolute Gasteiger partial charge is 0.496 e. The molecule has 2 aliphatic rings. The maximum atomic E-state index is 11.5. The summed E-state index contributed by atoms with van der Waals surface area (Å²) in [5, 5.41) is 10.9. The minimum Gasteiger partial charge on any atom is -0.496 e. The molecule has 2 fully saturated rings. The second-order valence-corrected chi connectivity index (χ2v) is 15.6. The number of rotatable bonds is 12. The summed E-state index contributed by atoms with van der Waals surface area (Å²) in [6.07, 6.45) is 4.58. The molecule has 4 aromatic rings. The number of benzene rings is 2. The smallest absolute Gasteiger partial charge is 0.220 e. The summed E-state index contributed by atoms with van der Waals surface area (Å²) in [5.41, 5.74) is 6.17. The lowest BCUT2D eigenvalue weighted by Gasteiger charge is -2.39. The summed E-state index contributed by atoms with van der Waals surface area (Å²) >= 11 is 14.1. The molecule has 0 bridgehead atoms. The highest BCUT2D eigenvalue weighted by molar-refractivity contribution is 8.24. The molecule has 260 valence electrons. The topological polar surface area (TPSA) is 138 Å². The first-order valence-corrected chi connectivity index (χ1v) is 18.9. The van der Waals surface area contributed by atoms with E-state index in [1.54, 1.807) is 20.4 Å². The Morgan fingerprint density at radius 2 is 1.67 bits per heavy atom. The first-order chi connectivity index (χ1) is 23.7. The van der Waals surface area contributed by atoms with Crippen LogP contribution in [-0.4, -0.2) is 69.3 Å². The molecule has 4 heterocycles. The van der Waals surface area contributed by atoms with Crippen molar-refractivity contribution in [3.8, 4) is 45.3 Å². The lowest BCUT2D eigenvalue weighted by molar-refractivity contribution is -0.119. The zero-order valence-electron chi connectivity index (χ0n) is 27.5. The molecule has 0 aliphatic carbocycles. The summed E-state index contributed by atoms with van der Waals surface area (Å²) in [4.78, 5) is 20.9. The number of ether oxygens (including phenoxy) is 2. The molecule has 1 unspecified atom stereocenters. The molecule has 49 heavy (non-hydrogen) atoms. The normalized spacial score (nSPS) is 18.2. The molecule has 5 N–H and O–H groups in total. The summed E-state index contributed by atoms with van der Waals surface area (Å²) < 4.78 is 31.2. The zero-order valence-corrected chi connectivity index (χ0v) is 29.8. The number of nitrogens with zero attached hydrogens (tertiary/aromatic N) is 2. The van der Waals surface area contributed by atoms with Crippen molar-refractivity contribution >= 4 is 39.7 Å². The third-order valence-corrected chi connectivity index (χ3v) is 11.7. The first-order valence-electron chi connectivity index (χ1n) is 16.3. The molecule has 2 aromatic carbocycles. The van der Waals surface area contributed by atoms with Crippen LogP contribution in [0.15, 0.2) is 60.8 Å². The van der Waals surface area contributed by atoms with E-state index in [9.17, 15) is 13.9 Å². The van der Waals surface area contributed by atoms with E-state index in [1.807, 2.05) is 54.6 Å². The van der Waals surface area contributed by atoms with Crippen LogP contribution in [0.25, 0.3) is 33.6 Å². The number of halogens is 2. The number of carbonyl (C=O) groups is 1. The number of amides is 1. The van der Waals surface area contributed by atoms with Crippen LogP contribution < -0.4 is 25.4 Å². The Hall–Kier alpha value is -3.42. The van der Waals surface area contributed by atoms with Gasteiger partial charge in [0, 0.05) is 89.2 Å². The van der Waals surface area contributed by atoms with E-state index in [4.69, 9.17) is 37.7 Å². The van der Waals surface area contributed by atoms with Crippen LogP contribution in [0.5, 0.6) is 11.6 Å². The van der Waals surface area contributed by atoms with Gasteiger partial charge in [0.1, 0.15) is 5.75 Å². The molecule has 1 amide bonds. The Balaban J connectivity index is 1.20. The molecule has 10 nitrogen and oxygen atoms in total. The summed E-state index contributed by atoms with van der Waals surface area (Å²) in [6, 6.07) is 17.8. The SMILES string of the molecule is COc1cc(-c2nccc(-c3cccc(-c4ccc(CNCC5CCC(=O)N5)c(OC)n4)c3Cl)c2Cl)ccc1CNC1CCS(O)(O)CC1. The van der Waals surface area contributed by atoms with Gasteiger partial charge in [0.15, 0.2) is 0 Å². The van der Waals surface area contributed by atoms with Crippen molar-refractivity contribution in [2.75, 3.05) is 32.3 Å². The molecular formula is C36H41Cl2N5O5S. The van der Waals surface area contributed by atoms with Crippen LogP contribution in [0.4, 0.5) is 0 Å². The van der Waals surface area contributed by atoms with Crippen molar-refractivity contribution < 1.29 is 23.4 Å². The fourth-order valence-corrected chi connectivity index (χ4v) is 8.51. The number of nitrogens with one attached hydrogen (secondary N) is 3. The summed E-state index contributed by atoms with van der Waals surface area (Å²) in [5.74, 6) is 2.17. The van der Waals surface area contributed by atoms with Crippen molar-refractivity contribution in [2.45, 2.75) is 50.9 Å². The number of hydrogen-bond donors (Lipinski definition) is 5. The van der Waals surface area contributed by atoms with Crippen LogP contribution in [0.1, 0.15) is 36.8 Å². The van der Waals surface area contributed by atoms with Gasteiger partial charge in [-0.3, -0.25) is 18.9 Å². The molecule has 2 aromatic heterocycles. The second-order valence-electron chi connectivity index (χ2n) is 12.4. The highest BCUT2D eigenvalue weighted by atomic mass is 35.5. The van der Waals surface area contributed by atoms with Gasteiger partial charge in [0.05, 0.1) is 35.7 Å². The Bertz CT molecular complexity index is 1820. The molecule has 1 atom stereocenters. The van der Waals surface area contributed by atoms with Crippen molar-refractivity contribution in [3.63, 3.8) is 0 Å². The number of aromatic nitrogens is 2. The molecule has 0 spiro atoms. The molecular weight excluding hydrogens is 685 g/mol. The third-order valence-electron chi connectivity index (χ3n) is 9.11. The van der Waals surface area contributed by atoms with E-state index in [1.165, 1.54) is 0 Å². The maximum Gasteiger partial charge on any atom is 0.220 e. The van der Waals surface area contributed by atoms with Crippen LogP contribution >= 0.6 is 33.8 Å².